The zero-order valence-corrected chi connectivity index (χ0v) is 16.0. The maximum atomic E-state index is 14.4. The van der Waals surface area contributed by atoms with Crippen LogP contribution in [0.5, 0.6) is 0 Å². The largest absolute Gasteiger partial charge is 0.422 e. The standard InChI is InChI=1S/C19HF17/c20-7-1(3-9(22)13(26)5(18(31,32)33)14(27)10(3)23)2(8(21)17(7)30)4-11(24)15(28)6(19(34,35)36)16(29)12(4)25/h7H. The van der Waals surface area contributed by atoms with Crippen LogP contribution in [-0.4, -0.2) is 6.17 Å². The van der Waals surface area contributed by atoms with Crippen LogP contribution in [-0.2, 0) is 12.4 Å². The molecule has 0 radical (unpaired) electrons. The number of alkyl halides is 7. The molecule has 0 fully saturated rings. The first-order valence-electron chi connectivity index (χ1n) is 8.57. The third-order valence-electron chi connectivity index (χ3n) is 4.79. The number of benzene rings is 2. The number of hydrogen-bond acceptors (Lipinski definition) is 0. The first kappa shape index (κ1) is 27.3. The van der Waals surface area contributed by atoms with E-state index in [1.807, 2.05) is 0 Å². The van der Waals surface area contributed by atoms with E-state index in [1.165, 1.54) is 0 Å². The Balaban J connectivity index is 2.56. The van der Waals surface area contributed by atoms with Crippen LogP contribution in [0, 0.1) is 46.5 Å². The van der Waals surface area contributed by atoms with E-state index in [4.69, 9.17) is 0 Å². The van der Waals surface area contributed by atoms with Crippen molar-refractivity contribution in [3.05, 3.63) is 80.4 Å². The highest BCUT2D eigenvalue weighted by atomic mass is 19.4. The van der Waals surface area contributed by atoms with Crippen molar-refractivity contribution < 1.29 is 74.6 Å². The molecule has 0 amide bonds. The van der Waals surface area contributed by atoms with Crippen molar-refractivity contribution in [1.29, 1.82) is 0 Å². The average molecular weight is 552 g/mol. The molecule has 1 atom stereocenters. The maximum absolute atomic E-state index is 14.4. The van der Waals surface area contributed by atoms with Crippen LogP contribution >= 0.6 is 0 Å². The first-order valence-corrected chi connectivity index (χ1v) is 8.57. The molecule has 2 aromatic carbocycles. The average Bonchev–Trinajstić information content (AvgIpc) is 2.94. The lowest BCUT2D eigenvalue weighted by molar-refractivity contribution is -0.144. The molecule has 2 aromatic rings. The Kier molecular flexibility index (Phi) is 6.37. The molecule has 1 aliphatic carbocycles. The predicted octanol–water partition coefficient (Wildman–Crippen LogP) is 8.25. The topological polar surface area (TPSA) is 0 Å². The Morgan fingerprint density at radius 3 is 1.06 bits per heavy atom. The first-order chi connectivity index (χ1) is 16.3. The highest BCUT2D eigenvalue weighted by Gasteiger charge is 2.49. The monoisotopic (exact) mass is 552 g/mol. The molecule has 0 aliphatic heterocycles. The van der Waals surface area contributed by atoms with Crippen LogP contribution in [0.2, 0.25) is 0 Å². The molecule has 0 saturated heterocycles. The second kappa shape index (κ2) is 8.40. The minimum absolute atomic E-state index is 2.57. The molecule has 0 aromatic heterocycles. The zero-order valence-electron chi connectivity index (χ0n) is 16.0. The van der Waals surface area contributed by atoms with Crippen LogP contribution in [0.25, 0.3) is 11.1 Å². The summed E-state index contributed by atoms with van der Waals surface area (Å²) in [5, 5.41) is 0. The van der Waals surface area contributed by atoms with Crippen molar-refractivity contribution in [2.75, 3.05) is 0 Å². The molecule has 1 aliphatic rings. The fourth-order valence-corrected chi connectivity index (χ4v) is 3.32. The Morgan fingerprint density at radius 1 is 0.444 bits per heavy atom. The van der Waals surface area contributed by atoms with Gasteiger partial charge < -0.3 is 0 Å². The van der Waals surface area contributed by atoms with Gasteiger partial charge in [-0.3, -0.25) is 0 Å². The van der Waals surface area contributed by atoms with Crippen molar-refractivity contribution in [1.82, 2.24) is 0 Å². The molecule has 196 valence electrons. The Bertz CT molecular complexity index is 1300. The molecule has 0 saturated carbocycles. The van der Waals surface area contributed by atoms with Gasteiger partial charge in [-0.25, -0.2) is 48.3 Å². The van der Waals surface area contributed by atoms with E-state index in [1.54, 1.807) is 0 Å². The Hall–Kier alpha value is -3.27. The molecule has 3 rings (SSSR count). The molecule has 0 nitrogen and oxygen atoms in total. The van der Waals surface area contributed by atoms with Gasteiger partial charge in [0.1, 0.15) is 11.1 Å². The summed E-state index contributed by atoms with van der Waals surface area (Å²) in [6.45, 7) is 0. The summed E-state index contributed by atoms with van der Waals surface area (Å²) in [7, 11) is 0. The van der Waals surface area contributed by atoms with Crippen LogP contribution < -0.4 is 0 Å². The molecule has 0 N–H and O–H groups in total. The summed E-state index contributed by atoms with van der Waals surface area (Å²) < 4.78 is 232. The van der Waals surface area contributed by atoms with Gasteiger partial charge in [-0.15, -0.1) is 0 Å². The summed E-state index contributed by atoms with van der Waals surface area (Å²) in [5.41, 5.74) is -17.2. The van der Waals surface area contributed by atoms with Gasteiger partial charge in [0.15, 0.2) is 64.4 Å². The third-order valence-corrected chi connectivity index (χ3v) is 4.79. The van der Waals surface area contributed by atoms with E-state index in [0.29, 0.717) is 0 Å². The fraction of sp³-hybridized carbons (Fsp3) is 0.158. The second-order valence-electron chi connectivity index (χ2n) is 6.82. The van der Waals surface area contributed by atoms with Gasteiger partial charge in [-0.05, 0) is 0 Å². The smallest absolute Gasteiger partial charge is 0.234 e. The molecule has 0 spiro atoms. The Morgan fingerprint density at radius 2 is 0.750 bits per heavy atom. The molecule has 0 bridgehead atoms. The lowest BCUT2D eigenvalue weighted by atomic mass is 9.91. The highest BCUT2D eigenvalue weighted by molar-refractivity contribution is 6.03. The third kappa shape index (κ3) is 3.78. The SMILES string of the molecule is FC1=C(F)C(F)C(c2c(F)c(F)c(C(F)(F)F)c(F)c2F)=C1c1c(F)c(F)c(C(F)(F)F)c(F)c1F. The lowest BCUT2D eigenvalue weighted by Gasteiger charge is -2.18. The van der Waals surface area contributed by atoms with Crippen LogP contribution in [0.15, 0.2) is 11.7 Å². The predicted molar refractivity (Wildman–Crippen MR) is 83.5 cm³/mol. The van der Waals surface area contributed by atoms with Gasteiger partial charge in [0.2, 0.25) is 0 Å². The molecule has 0 heterocycles. The number of rotatable bonds is 2. The van der Waals surface area contributed by atoms with E-state index >= 15 is 0 Å². The molecule has 17 heteroatoms. The van der Waals surface area contributed by atoms with Gasteiger partial charge in [-0.2, -0.15) is 26.3 Å². The minimum Gasteiger partial charge on any atom is -0.234 e. The van der Waals surface area contributed by atoms with E-state index < -0.39 is 110 Å². The normalized spacial score (nSPS) is 17.1. The second-order valence-corrected chi connectivity index (χ2v) is 6.82. The van der Waals surface area contributed by atoms with Crippen molar-refractivity contribution in [2.45, 2.75) is 18.5 Å². The maximum Gasteiger partial charge on any atom is 0.422 e. The number of halogens is 17. The Labute approximate surface area is 185 Å². The van der Waals surface area contributed by atoms with E-state index in [0.717, 1.165) is 0 Å². The minimum atomic E-state index is -6.17. The molecule has 36 heavy (non-hydrogen) atoms. The molecular formula is C19HF17. The van der Waals surface area contributed by atoms with Gasteiger partial charge in [0.25, 0.3) is 0 Å². The quantitative estimate of drug-likeness (QED) is 0.260. The van der Waals surface area contributed by atoms with Gasteiger partial charge in [0.05, 0.1) is 11.1 Å². The van der Waals surface area contributed by atoms with E-state index in [2.05, 4.69) is 0 Å². The van der Waals surface area contributed by atoms with Crippen molar-refractivity contribution in [3.63, 3.8) is 0 Å². The molecular weight excluding hydrogens is 551 g/mol. The summed E-state index contributed by atoms with van der Waals surface area (Å²) in [4.78, 5) is 0. The van der Waals surface area contributed by atoms with Gasteiger partial charge in [0, 0.05) is 11.1 Å². The molecule has 1 unspecified atom stereocenters. The summed E-state index contributed by atoms with van der Waals surface area (Å²) in [6, 6.07) is 0. The fourth-order valence-electron chi connectivity index (χ4n) is 3.32. The van der Waals surface area contributed by atoms with Gasteiger partial charge in [-0.1, -0.05) is 0 Å². The van der Waals surface area contributed by atoms with Gasteiger partial charge >= 0.3 is 12.4 Å². The summed E-state index contributed by atoms with van der Waals surface area (Å²) in [6.07, 6.45) is -16.4. The lowest BCUT2D eigenvalue weighted by Crippen LogP contribution is -2.19. The number of hydrogen-bond donors (Lipinski definition) is 0. The van der Waals surface area contributed by atoms with Crippen molar-refractivity contribution in [3.8, 4) is 0 Å². The summed E-state index contributed by atoms with van der Waals surface area (Å²) in [5.74, 6) is -32.2. The highest BCUT2D eigenvalue weighted by Crippen LogP contribution is 2.51. The van der Waals surface area contributed by atoms with Crippen molar-refractivity contribution in [2.24, 2.45) is 0 Å². The van der Waals surface area contributed by atoms with E-state index in [9.17, 15) is 74.6 Å². The summed E-state index contributed by atoms with van der Waals surface area (Å²) >= 11 is 0. The van der Waals surface area contributed by atoms with Crippen LogP contribution in [0.3, 0.4) is 0 Å². The van der Waals surface area contributed by atoms with Crippen molar-refractivity contribution >= 4 is 11.1 Å². The van der Waals surface area contributed by atoms with E-state index in [-0.39, 0.29) is 0 Å². The van der Waals surface area contributed by atoms with Crippen LogP contribution in [0.1, 0.15) is 22.3 Å². The van der Waals surface area contributed by atoms with Crippen LogP contribution in [0.4, 0.5) is 74.6 Å². The number of allylic oxidation sites excluding steroid dienone is 4. The zero-order chi connectivity index (χ0) is 27.8.